The normalized spacial score (nSPS) is 11.9. The lowest BCUT2D eigenvalue weighted by molar-refractivity contribution is 1.19. The number of rotatable bonds is 3. The van der Waals surface area contributed by atoms with Gasteiger partial charge in [-0.2, -0.15) is 0 Å². The van der Waals surface area contributed by atoms with Crippen LogP contribution in [0.4, 0.5) is 0 Å². The first-order valence-electron chi connectivity index (χ1n) is 5.76. The molecule has 0 aliphatic rings. The second-order valence-electron chi connectivity index (χ2n) is 3.67. The fourth-order valence-corrected chi connectivity index (χ4v) is 1.57. The largest absolute Gasteiger partial charge is 0.262 e. The number of nitrogens with zero attached hydrogens (tertiary/aromatic N) is 3. The minimum absolute atomic E-state index is 0.830. The third kappa shape index (κ3) is 2.56. The van der Waals surface area contributed by atoms with E-state index in [0.717, 1.165) is 28.8 Å². The Morgan fingerprint density at radius 3 is 2.65 bits per heavy atom. The average molecular weight is 225 g/mol. The second kappa shape index (κ2) is 5.34. The number of fused-ring (bicyclic) bond motifs is 1. The predicted octanol–water partition coefficient (Wildman–Crippen LogP) is 3.48. The second-order valence-corrected chi connectivity index (χ2v) is 3.67. The molecule has 0 atom stereocenters. The first-order valence-corrected chi connectivity index (χ1v) is 5.76. The summed E-state index contributed by atoms with van der Waals surface area (Å²) in [7, 11) is 0. The van der Waals surface area contributed by atoms with Crippen LogP contribution in [0.15, 0.2) is 30.6 Å². The van der Waals surface area contributed by atoms with Gasteiger partial charge < -0.3 is 0 Å². The Labute approximate surface area is 101 Å². The zero-order valence-electron chi connectivity index (χ0n) is 10.1. The number of pyridine rings is 1. The molecular formula is C14H15N3. The average Bonchev–Trinajstić information content (AvgIpc) is 2.36. The van der Waals surface area contributed by atoms with E-state index in [1.54, 1.807) is 12.4 Å². The summed E-state index contributed by atoms with van der Waals surface area (Å²) in [5.74, 6) is 0. The Morgan fingerprint density at radius 2 is 1.88 bits per heavy atom. The van der Waals surface area contributed by atoms with Crippen LogP contribution in [0.5, 0.6) is 0 Å². The highest BCUT2D eigenvalue weighted by Crippen LogP contribution is 2.14. The maximum atomic E-state index is 4.58. The number of hydrogen-bond donors (Lipinski definition) is 0. The Morgan fingerprint density at radius 1 is 1.12 bits per heavy atom. The van der Waals surface area contributed by atoms with Gasteiger partial charge in [0, 0.05) is 6.20 Å². The Hall–Kier alpha value is -2.03. The fourth-order valence-electron chi connectivity index (χ4n) is 1.57. The molecule has 3 heteroatoms. The first kappa shape index (κ1) is 11.5. The number of hydrogen-bond acceptors (Lipinski definition) is 3. The lowest BCUT2D eigenvalue weighted by Crippen LogP contribution is -1.94. The van der Waals surface area contributed by atoms with Gasteiger partial charge in [0.05, 0.1) is 23.1 Å². The van der Waals surface area contributed by atoms with Crippen molar-refractivity contribution in [2.24, 2.45) is 0 Å². The molecule has 3 nitrogen and oxygen atoms in total. The van der Waals surface area contributed by atoms with Gasteiger partial charge in [-0.1, -0.05) is 19.1 Å². The van der Waals surface area contributed by atoms with Crippen molar-refractivity contribution in [3.63, 3.8) is 0 Å². The molecule has 2 heterocycles. The summed E-state index contributed by atoms with van der Waals surface area (Å²) in [6, 6.07) is 1.88. The predicted molar refractivity (Wildman–Crippen MR) is 71.4 cm³/mol. The van der Waals surface area contributed by atoms with Crippen molar-refractivity contribution in [2.75, 3.05) is 0 Å². The minimum Gasteiger partial charge on any atom is -0.262 e. The van der Waals surface area contributed by atoms with Crippen LogP contribution in [0.25, 0.3) is 23.2 Å². The van der Waals surface area contributed by atoms with Gasteiger partial charge in [-0.05, 0) is 31.6 Å². The molecule has 0 unspecified atom stereocenters. The molecule has 17 heavy (non-hydrogen) atoms. The zero-order chi connectivity index (χ0) is 12.1. The van der Waals surface area contributed by atoms with Crippen molar-refractivity contribution >= 4 is 23.2 Å². The quantitative estimate of drug-likeness (QED) is 0.802. The van der Waals surface area contributed by atoms with Crippen LogP contribution in [-0.2, 0) is 0 Å². The van der Waals surface area contributed by atoms with Crippen molar-refractivity contribution in [1.82, 2.24) is 15.0 Å². The van der Waals surface area contributed by atoms with E-state index in [4.69, 9.17) is 0 Å². The highest BCUT2D eigenvalue weighted by molar-refractivity contribution is 5.76. The minimum atomic E-state index is 0.830. The standard InChI is InChI=1S/C14H15N3/c1-3-5-7-12-11(6-4-2)16-13-8-9-15-10-14(13)17-12/h4-10H,3H2,1-2H3/b6-4-,7-5-. The van der Waals surface area contributed by atoms with Crippen molar-refractivity contribution in [3.05, 3.63) is 42.0 Å². The van der Waals surface area contributed by atoms with Crippen LogP contribution in [0.1, 0.15) is 31.7 Å². The Bertz CT molecular complexity index is 571. The van der Waals surface area contributed by atoms with Crippen molar-refractivity contribution in [1.29, 1.82) is 0 Å². The fraction of sp³-hybridized carbons (Fsp3) is 0.214. The molecule has 0 N–H and O–H groups in total. The summed E-state index contributed by atoms with van der Waals surface area (Å²) in [6.45, 7) is 4.08. The highest BCUT2D eigenvalue weighted by atomic mass is 14.8. The van der Waals surface area contributed by atoms with Crippen LogP contribution in [0.3, 0.4) is 0 Å². The summed E-state index contributed by atoms with van der Waals surface area (Å²) in [6.07, 6.45) is 12.5. The van der Waals surface area contributed by atoms with Crippen LogP contribution < -0.4 is 0 Å². The molecule has 0 aliphatic heterocycles. The van der Waals surface area contributed by atoms with Gasteiger partial charge in [-0.25, -0.2) is 9.97 Å². The molecule has 0 radical (unpaired) electrons. The first-order chi connectivity index (χ1) is 8.35. The molecule has 0 fully saturated rings. The van der Waals surface area contributed by atoms with Crippen LogP contribution in [0.2, 0.25) is 0 Å². The number of allylic oxidation sites excluding steroid dienone is 2. The Kier molecular flexibility index (Phi) is 3.60. The lowest BCUT2D eigenvalue weighted by Gasteiger charge is -2.02. The third-order valence-electron chi connectivity index (χ3n) is 2.36. The molecule has 0 saturated heterocycles. The van der Waals surface area contributed by atoms with Gasteiger partial charge in [0.2, 0.25) is 0 Å². The molecule has 2 aromatic rings. The van der Waals surface area contributed by atoms with Gasteiger partial charge in [-0.15, -0.1) is 0 Å². The summed E-state index contributed by atoms with van der Waals surface area (Å²) < 4.78 is 0. The summed E-state index contributed by atoms with van der Waals surface area (Å²) in [5.41, 5.74) is 3.50. The zero-order valence-corrected chi connectivity index (χ0v) is 10.1. The van der Waals surface area contributed by atoms with Gasteiger partial charge in [0.1, 0.15) is 5.52 Å². The van der Waals surface area contributed by atoms with E-state index < -0.39 is 0 Å². The van der Waals surface area contributed by atoms with Crippen LogP contribution >= 0.6 is 0 Å². The lowest BCUT2D eigenvalue weighted by atomic mass is 10.2. The van der Waals surface area contributed by atoms with E-state index in [2.05, 4.69) is 28.0 Å². The van der Waals surface area contributed by atoms with E-state index in [9.17, 15) is 0 Å². The van der Waals surface area contributed by atoms with E-state index in [1.165, 1.54) is 0 Å². The van der Waals surface area contributed by atoms with Crippen molar-refractivity contribution in [3.8, 4) is 0 Å². The van der Waals surface area contributed by atoms with Crippen LogP contribution in [0, 0.1) is 0 Å². The smallest absolute Gasteiger partial charge is 0.108 e. The molecule has 0 spiro atoms. The van der Waals surface area contributed by atoms with E-state index in [1.807, 2.05) is 31.2 Å². The maximum absolute atomic E-state index is 4.58. The SMILES string of the molecule is C/C=C\c1nc2ccncc2nc1/C=C\CC. The van der Waals surface area contributed by atoms with Crippen molar-refractivity contribution in [2.45, 2.75) is 20.3 Å². The molecule has 0 amide bonds. The molecule has 0 bridgehead atoms. The summed E-state index contributed by atoms with van der Waals surface area (Å²) >= 11 is 0. The maximum Gasteiger partial charge on any atom is 0.108 e. The van der Waals surface area contributed by atoms with Crippen molar-refractivity contribution < 1.29 is 0 Å². The highest BCUT2D eigenvalue weighted by Gasteiger charge is 2.03. The van der Waals surface area contributed by atoms with Crippen LogP contribution in [-0.4, -0.2) is 15.0 Å². The number of aromatic nitrogens is 3. The summed E-state index contributed by atoms with van der Waals surface area (Å²) in [4.78, 5) is 13.2. The van der Waals surface area contributed by atoms with E-state index in [0.29, 0.717) is 0 Å². The monoisotopic (exact) mass is 225 g/mol. The molecule has 86 valence electrons. The van der Waals surface area contributed by atoms with E-state index >= 15 is 0 Å². The molecule has 0 saturated carbocycles. The molecular weight excluding hydrogens is 210 g/mol. The van der Waals surface area contributed by atoms with Gasteiger partial charge >= 0.3 is 0 Å². The molecule has 2 aromatic heterocycles. The Balaban J connectivity index is 2.61. The third-order valence-corrected chi connectivity index (χ3v) is 2.36. The topological polar surface area (TPSA) is 38.7 Å². The van der Waals surface area contributed by atoms with Gasteiger partial charge in [0.25, 0.3) is 0 Å². The molecule has 2 rings (SSSR count). The molecule has 0 aliphatic carbocycles. The summed E-state index contributed by atoms with van der Waals surface area (Å²) in [5, 5.41) is 0. The van der Waals surface area contributed by atoms with Gasteiger partial charge in [-0.3, -0.25) is 4.98 Å². The van der Waals surface area contributed by atoms with E-state index in [-0.39, 0.29) is 0 Å². The van der Waals surface area contributed by atoms with Gasteiger partial charge in [0.15, 0.2) is 0 Å². The molecule has 0 aromatic carbocycles.